The first-order chi connectivity index (χ1) is 8.65. The van der Waals surface area contributed by atoms with E-state index in [1.165, 1.54) is 16.2 Å². The zero-order valence-corrected chi connectivity index (χ0v) is 10.8. The lowest BCUT2D eigenvalue weighted by Crippen LogP contribution is -2.27. The number of thiophene rings is 1. The van der Waals surface area contributed by atoms with Gasteiger partial charge in [-0.15, -0.1) is 11.3 Å². The number of carbonyl (C=O) groups is 1. The van der Waals surface area contributed by atoms with Gasteiger partial charge in [-0.25, -0.2) is 0 Å². The van der Waals surface area contributed by atoms with Gasteiger partial charge in [-0.05, 0) is 6.07 Å². The van der Waals surface area contributed by atoms with Crippen molar-refractivity contribution < 1.29 is 4.79 Å². The van der Waals surface area contributed by atoms with Crippen molar-refractivity contribution in [3.05, 3.63) is 29.1 Å². The number of hydrogen-bond donors (Lipinski definition) is 1. The molecule has 0 aliphatic carbocycles. The zero-order chi connectivity index (χ0) is 13.1. The van der Waals surface area contributed by atoms with Gasteiger partial charge in [0.2, 0.25) is 0 Å². The van der Waals surface area contributed by atoms with Gasteiger partial charge in [0.25, 0.3) is 5.91 Å². The molecule has 18 heavy (non-hydrogen) atoms. The predicted molar refractivity (Wildman–Crippen MR) is 73.4 cm³/mol. The van der Waals surface area contributed by atoms with E-state index in [-0.39, 0.29) is 5.91 Å². The molecule has 2 rings (SSSR count). The highest BCUT2D eigenvalue weighted by Crippen LogP contribution is 2.33. The van der Waals surface area contributed by atoms with E-state index in [1.807, 2.05) is 30.3 Å². The minimum Gasteiger partial charge on any atom is -0.397 e. The van der Waals surface area contributed by atoms with Crippen LogP contribution in [-0.2, 0) is 0 Å². The number of fused-ring (bicyclic) bond motifs is 1. The Hall–Kier alpha value is -2.06. The van der Waals surface area contributed by atoms with Crippen molar-refractivity contribution in [3.8, 4) is 6.07 Å². The van der Waals surface area contributed by atoms with Crippen molar-refractivity contribution in [1.29, 1.82) is 5.26 Å². The van der Waals surface area contributed by atoms with E-state index in [4.69, 9.17) is 11.0 Å². The van der Waals surface area contributed by atoms with Crippen molar-refractivity contribution >= 4 is 33.0 Å². The molecule has 0 aliphatic rings. The fraction of sp³-hybridized carbons (Fsp3) is 0.231. The minimum absolute atomic E-state index is 0.121. The number of nitriles is 1. The summed E-state index contributed by atoms with van der Waals surface area (Å²) in [6.07, 6.45) is 0.326. The van der Waals surface area contributed by atoms with Crippen molar-refractivity contribution in [2.45, 2.75) is 6.42 Å². The lowest BCUT2D eigenvalue weighted by molar-refractivity contribution is 0.0804. The maximum absolute atomic E-state index is 12.2. The van der Waals surface area contributed by atoms with Crippen LogP contribution in [0, 0.1) is 11.3 Å². The van der Waals surface area contributed by atoms with Gasteiger partial charge >= 0.3 is 0 Å². The normalized spacial score (nSPS) is 10.2. The molecule has 0 radical (unpaired) electrons. The number of rotatable bonds is 3. The topological polar surface area (TPSA) is 70.1 Å². The number of carbonyl (C=O) groups excluding carboxylic acids is 1. The molecule has 0 fully saturated rings. The van der Waals surface area contributed by atoms with Gasteiger partial charge < -0.3 is 10.6 Å². The molecule has 0 spiro atoms. The first kappa shape index (κ1) is 12.4. The lowest BCUT2D eigenvalue weighted by atomic mass is 10.2. The Morgan fingerprint density at radius 1 is 1.50 bits per heavy atom. The third-order valence-electron chi connectivity index (χ3n) is 2.73. The van der Waals surface area contributed by atoms with E-state index < -0.39 is 0 Å². The number of nitrogen functional groups attached to an aromatic ring is 1. The molecule has 0 saturated heterocycles. The Bertz CT molecular complexity index is 627. The van der Waals surface area contributed by atoms with Crippen molar-refractivity contribution in [1.82, 2.24) is 4.90 Å². The third-order valence-corrected chi connectivity index (χ3v) is 3.91. The molecule has 2 aromatic rings. The maximum Gasteiger partial charge on any atom is 0.265 e. The first-order valence-electron chi connectivity index (χ1n) is 5.54. The fourth-order valence-electron chi connectivity index (χ4n) is 1.72. The second kappa shape index (κ2) is 5.07. The molecule has 1 heterocycles. The van der Waals surface area contributed by atoms with Crippen LogP contribution in [-0.4, -0.2) is 24.4 Å². The molecule has 1 amide bonds. The Balaban J connectivity index is 2.34. The average Bonchev–Trinajstić information content (AvgIpc) is 2.73. The first-order valence-corrected chi connectivity index (χ1v) is 6.36. The van der Waals surface area contributed by atoms with Crippen molar-refractivity contribution in [2.24, 2.45) is 0 Å². The molecule has 0 saturated carbocycles. The van der Waals surface area contributed by atoms with Crippen molar-refractivity contribution in [3.63, 3.8) is 0 Å². The molecule has 0 aliphatic heterocycles. The highest BCUT2D eigenvalue weighted by molar-refractivity contribution is 7.21. The molecule has 0 atom stereocenters. The summed E-state index contributed by atoms with van der Waals surface area (Å²) in [5.74, 6) is -0.121. The number of nitrogens with zero attached hydrogens (tertiary/aromatic N) is 2. The summed E-state index contributed by atoms with van der Waals surface area (Å²) in [4.78, 5) is 14.3. The van der Waals surface area contributed by atoms with Crippen LogP contribution in [0.25, 0.3) is 10.1 Å². The number of hydrogen-bond acceptors (Lipinski definition) is 4. The highest BCUT2D eigenvalue weighted by atomic mass is 32.1. The van der Waals surface area contributed by atoms with Gasteiger partial charge in [0.1, 0.15) is 4.88 Å². The summed E-state index contributed by atoms with van der Waals surface area (Å²) in [5.41, 5.74) is 6.54. The van der Waals surface area contributed by atoms with E-state index in [1.54, 1.807) is 7.05 Å². The number of benzene rings is 1. The molecule has 1 aromatic carbocycles. The minimum atomic E-state index is -0.121. The number of anilines is 1. The monoisotopic (exact) mass is 259 g/mol. The number of amides is 1. The second-order valence-electron chi connectivity index (χ2n) is 3.98. The largest absolute Gasteiger partial charge is 0.397 e. The Kier molecular flexibility index (Phi) is 3.49. The van der Waals surface area contributed by atoms with E-state index in [0.717, 1.165) is 10.1 Å². The molecular weight excluding hydrogens is 246 g/mol. The molecule has 0 bridgehead atoms. The molecule has 1 aromatic heterocycles. The standard InChI is InChI=1S/C13H13N3OS/c1-16(8-4-7-14)13(17)12-11(15)9-5-2-3-6-10(9)18-12/h2-3,5-6H,4,8,15H2,1H3. The average molecular weight is 259 g/mol. The second-order valence-corrected chi connectivity index (χ2v) is 5.03. The van der Waals surface area contributed by atoms with E-state index in [9.17, 15) is 4.79 Å². The summed E-state index contributed by atoms with van der Waals surface area (Å²) in [6.45, 7) is 0.420. The quantitative estimate of drug-likeness (QED) is 0.920. The Morgan fingerprint density at radius 2 is 2.22 bits per heavy atom. The maximum atomic E-state index is 12.2. The Labute approximate surface area is 109 Å². The molecule has 4 nitrogen and oxygen atoms in total. The summed E-state index contributed by atoms with van der Waals surface area (Å²) >= 11 is 1.39. The molecule has 92 valence electrons. The van der Waals surface area contributed by atoms with Crippen LogP contribution >= 0.6 is 11.3 Å². The van der Waals surface area contributed by atoms with Crippen LogP contribution in [0.5, 0.6) is 0 Å². The van der Waals surface area contributed by atoms with E-state index in [2.05, 4.69) is 0 Å². The molecule has 0 unspecified atom stereocenters. The van der Waals surface area contributed by atoms with Crippen LogP contribution in [0.3, 0.4) is 0 Å². The van der Waals surface area contributed by atoms with E-state index in [0.29, 0.717) is 23.5 Å². The van der Waals surface area contributed by atoms with Crippen LogP contribution in [0.4, 0.5) is 5.69 Å². The van der Waals surface area contributed by atoms with Crippen LogP contribution in [0.2, 0.25) is 0 Å². The van der Waals surface area contributed by atoms with E-state index >= 15 is 0 Å². The van der Waals surface area contributed by atoms with Crippen LogP contribution in [0.1, 0.15) is 16.1 Å². The summed E-state index contributed by atoms with van der Waals surface area (Å²) in [5, 5.41) is 9.44. The highest BCUT2D eigenvalue weighted by Gasteiger charge is 2.19. The third kappa shape index (κ3) is 2.15. The fourth-order valence-corrected chi connectivity index (χ4v) is 2.83. The predicted octanol–water partition coefficient (Wildman–Crippen LogP) is 2.47. The summed E-state index contributed by atoms with van der Waals surface area (Å²) in [6, 6.07) is 9.71. The lowest BCUT2D eigenvalue weighted by Gasteiger charge is -2.14. The van der Waals surface area contributed by atoms with Gasteiger partial charge in [-0.2, -0.15) is 5.26 Å². The van der Waals surface area contributed by atoms with Gasteiger partial charge in [-0.3, -0.25) is 4.79 Å². The summed E-state index contributed by atoms with van der Waals surface area (Å²) < 4.78 is 1.01. The zero-order valence-electron chi connectivity index (χ0n) is 10.0. The smallest absolute Gasteiger partial charge is 0.265 e. The number of nitrogens with two attached hydrogens (primary N) is 1. The molecular formula is C13H13N3OS. The van der Waals surface area contributed by atoms with Crippen LogP contribution in [0.15, 0.2) is 24.3 Å². The van der Waals surface area contributed by atoms with Gasteiger partial charge in [-0.1, -0.05) is 18.2 Å². The van der Waals surface area contributed by atoms with Crippen LogP contribution < -0.4 is 5.73 Å². The van der Waals surface area contributed by atoms with Gasteiger partial charge in [0.05, 0.1) is 18.2 Å². The molecule has 5 heteroatoms. The molecule has 2 N–H and O–H groups in total. The van der Waals surface area contributed by atoms with Gasteiger partial charge in [0.15, 0.2) is 0 Å². The Morgan fingerprint density at radius 3 is 2.89 bits per heavy atom. The van der Waals surface area contributed by atoms with Gasteiger partial charge in [0, 0.05) is 23.7 Å². The summed E-state index contributed by atoms with van der Waals surface area (Å²) in [7, 11) is 1.68. The SMILES string of the molecule is CN(CCC#N)C(=O)c1sc2ccccc2c1N. The van der Waals surface area contributed by atoms with Crippen molar-refractivity contribution in [2.75, 3.05) is 19.3 Å².